The average Bonchev–Trinajstić information content (AvgIpc) is 2.28. The minimum atomic E-state index is -0.826. The Kier molecular flexibility index (Phi) is 4.97. The highest BCUT2D eigenvalue weighted by molar-refractivity contribution is 5.69. The van der Waals surface area contributed by atoms with Gasteiger partial charge in [0.1, 0.15) is 5.75 Å². The summed E-state index contributed by atoms with van der Waals surface area (Å²) in [5.74, 6) is -0.00650. The van der Waals surface area contributed by atoms with Gasteiger partial charge < -0.3 is 9.84 Å². The first kappa shape index (κ1) is 13.5. The molecule has 0 saturated heterocycles. The van der Waals surface area contributed by atoms with Crippen LogP contribution in [0.4, 0.5) is 0 Å². The molecule has 4 nitrogen and oxygen atoms in total. The van der Waals surface area contributed by atoms with Crippen molar-refractivity contribution in [1.29, 1.82) is 0 Å². The number of para-hydroxylation sites is 1. The van der Waals surface area contributed by atoms with E-state index in [4.69, 9.17) is 9.84 Å². The molecule has 0 aromatic heterocycles. The van der Waals surface area contributed by atoms with Crippen molar-refractivity contribution in [2.45, 2.75) is 19.9 Å². The van der Waals surface area contributed by atoms with Crippen molar-refractivity contribution < 1.29 is 14.6 Å². The number of likely N-dealkylation sites (N-methyl/N-ethyl adjacent to an activating group) is 1. The third-order valence-electron chi connectivity index (χ3n) is 2.71. The molecule has 0 fully saturated rings. The average molecular weight is 237 g/mol. The van der Waals surface area contributed by atoms with Gasteiger partial charge in [0.05, 0.1) is 13.2 Å². The van der Waals surface area contributed by atoms with Crippen molar-refractivity contribution in [1.82, 2.24) is 4.90 Å². The highest BCUT2D eigenvalue weighted by atomic mass is 16.5. The maximum absolute atomic E-state index is 10.7. The summed E-state index contributed by atoms with van der Waals surface area (Å²) in [6.07, 6.45) is 0. The summed E-state index contributed by atoms with van der Waals surface area (Å²) in [5.41, 5.74) is 1.01. The Bertz CT molecular complexity index is 379. The minimum absolute atomic E-state index is 0.00819. The molecular formula is C13H19NO3. The fraction of sp³-hybridized carbons (Fsp3) is 0.462. The first-order valence-corrected chi connectivity index (χ1v) is 5.70. The second-order valence-corrected chi connectivity index (χ2v) is 3.96. The molecule has 0 saturated carbocycles. The molecule has 1 aromatic carbocycles. The van der Waals surface area contributed by atoms with Crippen LogP contribution < -0.4 is 4.74 Å². The van der Waals surface area contributed by atoms with Gasteiger partial charge in [-0.05, 0) is 27.0 Å². The topological polar surface area (TPSA) is 49.8 Å². The van der Waals surface area contributed by atoms with Crippen LogP contribution >= 0.6 is 0 Å². The number of rotatable bonds is 6. The largest absolute Gasteiger partial charge is 0.494 e. The molecule has 4 heteroatoms. The lowest BCUT2D eigenvalue weighted by Crippen LogP contribution is -2.28. The van der Waals surface area contributed by atoms with E-state index in [1.807, 2.05) is 38.1 Å². The first-order valence-electron chi connectivity index (χ1n) is 5.70. The van der Waals surface area contributed by atoms with Crippen LogP contribution in [0.3, 0.4) is 0 Å². The molecule has 0 heterocycles. The van der Waals surface area contributed by atoms with Gasteiger partial charge in [-0.1, -0.05) is 18.2 Å². The smallest absolute Gasteiger partial charge is 0.317 e. The van der Waals surface area contributed by atoms with Crippen LogP contribution in [0.2, 0.25) is 0 Å². The van der Waals surface area contributed by atoms with Crippen molar-refractivity contribution >= 4 is 5.97 Å². The van der Waals surface area contributed by atoms with Gasteiger partial charge in [0.15, 0.2) is 0 Å². The van der Waals surface area contributed by atoms with E-state index in [1.54, 1.807) is 11.9 Å². The number of benzene rings is 1. The summed E-state index contributed by atoms with van der Waals surface area (Å²) in [6.45, 7) is 4.53. The Labute approximate surface area is 102 Å². The summed E-state index contributed by atoms with van der Waals surface area (Å²) in [5, 5.41) is 8.78. The minimum Gasteiger partial charge on any atom is -0.494 e. The molecule has 0 aliphatic heterocycles. The Balaban J connectivity index is 2.86. The van der Waals surface area contributed by atoms with E-state index in [0.717, 1.165) is 11.3 Å². The van der Waals surface area contributed by atoms with Gasteiger partial charge in [-0.3, -0.25) is 9.69 Å². The van der Waals surface area contributed by atoms with Crippen LogP contribution in [-0.4, -0.2) is 36.2 Å². The monoisotopic (exact) mass is 237 g/mol. The highest BCUT2D eigenvalue weighted by Gasteiger charge is 2.17. The maximum Gasteiger partial charge on any atom is 0.317 e. The zero-order valence-corrected chi connectivity index (χ0v) is 10.5. The van der Waals surface area contributed by atoms with Gasteiger partial charge in [0, 0.05) is 11.6 Å². The molecular weight excluding hydrogens is 218 g/mol. The van der Waals surface area contributed by atoms with Gasteiger partial charge in [0.25, 0.3) is 0 Å². The van der Waals surface area contributed by atoms with Crippen molar-refractivity contribution in [3.63, 3.8) is 0 Å². The number of hydrogen-bond donors (Lipinski definition) is 1. The van der Waals surface area contributed by atoms with E-state index in [2.05, 4.69) is 0 Å². The van der Waals surface area contributed by atoms with E-state index in [-0.39, 0.29) is 12.6 Å². The summed E-state index contributed by atoms with van der Waals surface area (Å²) in [4.78, 5) is 12.5. The molecule has 0 aliphatic carbocycles. The van der Waals surface area contributed by atoms with Crippen LogP contribution in [0.15, 0.2) is 24.3 Å². The lowest BCUT2D eigenvalue weighted by atomic mass is 10.1. The summed E-state index contributed by atoms with van der Waals surface area (Å²) in [6, 6.07) is 7.73. The predicted molar refractivity (Wildman–Crippen MR) is 66.3 cm³/mol. The van der Waals surface area contributed by atoms with Crippen molar-refractivity contribution in [2.24, 2.45) is 0 Å². The fourth-order valence-corrected chi connectivity index (χ4v) is 1.70. The molecule has 1 aromatic rings. The summed E-state index contributed by atoms with van der Waals surface area (Å²) >= 11 is 0. The molecule has 0 amide bonds. The molecule has 1 rings (SSSR count). The number of hydrogen-bond acceptors (Lipinski definition) is 3. The van der Waals surface area contributed by atoms with Crippen molar-refractivity contribution in [2.75, 3.05) is 20.2 Å². The van der Waals surface area contributed by atoms with E-state index < -0.39 is 5.97 Å². The fourth-order valence-electron chi connectivity index (χ4n) is 1.70. The number of carboxylic acid groups (broad SMARTS) is 1. The van der Waals surface area contributed by atoms with E-state index in [9.17, 15) is 4.79 Å². The number of carboxylic acids is 1. The van der Waals surface area contributed by atoms with E-state index in [0.29, 0.717) is 6.61 Å². The second-order valence-electron chi connectivity index (χ2n) is 3.96. The number of aliphatic carboxylic acids is 1. The third kappa shape index (κ3) is 3.75. The number of nitrogens with zero attached hydrogens (tertiary/aromatic N) is 1. The van der Waals surface area contributed by atoms with E-state index >= 15 is 0 Å². The molecule has 1 N–H and O–H groups in total. The maximum atomic E-state index is 10.7. The number of carbonyl (C=O) groups is 1. The van der Waals surface area contributed by atoms with Crippen LogP contribution in [-0.2, 0) is 4.79 Å². The Morgan fingerprint density at radius 1 is 1.47 bits per heavy atom. The molecule has 1 atom stereocenters. The Morgan fingerprint density at radius 3 is 2.71 bits per heavy atom. The predicted octanol–water partition coefficient (Wildman–Crippen LogP) is 2.16. The van der Waals surface area contributed by atoms with Crippen LogP contribution in [0, 0.1) is 0 Å². The van der Waals surface area contributed by atoms with Crippen molar-refractivity contribution in [3.05, 3.63) is 29.8 Å². The second kappa shape index (κ2) is 6.25. The van der Waals surface area contributed by atoms with Crippen LogP contribution in [0.1, 0.15) is 25.5 Å². The normalized spacial score (nSPS) is 12.5. The van der Waals surface area contributed by atoms with Gasteiger partial charge in [-0.2, -0.15) is 0 Å². The van der Waals surface area contributed by atoms with Gasteiger partial charge in [-0.15, -0.1) is 0 Å². The van der Waals surface area contributed by atoms with Gasteiger partial charge in [-0.25, -0.2) is 0 Å². The zero-order valence-electron chi connectivity index (χ0n) is 10.5. The van der Waals surface area contributed by atoms with Crippen LogP contribution in [0.5, 0.6) is 5.75 Å². The summed E-state index contributed by atoms with van der Waals surface area (Å²) in [7, 11) is 1.79. The molecule has 0 bridgehead atoms. The lowest BCUT2D eigenvalue weighted by molar-refractivity contribution is -0.138. The van der Waals surface area contributed by atoms with Crippen LogP contribution in [0.25, 0.3) is 0 Å². The standard InChI is InChI=1S/C13H19NO3/c1-4-17-12-8-6-5-7-11(12)10(2)14(3)9-13(15)16/h5-8,10H,4,9H2,1-3H3,(H,15,16). The SMILES string of the molecule is CCOc1ccccc1C(C)N(C)CC(=O)O. The first-order chi connectivity index (χ1) is 8.06. The molecule has 0 spiro atoms. The molecule has 0 aliphatic rings. The van der Waals surface area contributed by atoms with Gasteiger partial charge >= 0.3 is 5.97 Å². The third-order valence-corrected chi connectivity index (χ3v) is 2.71. The van der Waals surface area contributed by atoms with Gasteiger partial charge in [0.2, 0.25) is 0 Å². The molecule has 0 radical (unpaired) electrons. The van der Waals surface area contributed by atoms with Crippen molar-refractivity contribution in [3.8, 4) is 5.75 Å². The summed E-state index contributed by atoms with van der Waals surface area (Å²) < 4.78 is 5.54. The highest BCUT2D eigenvalue weighted by Crippen LogP contribution is 2.28. The van der Waals surface area contributed by atoms with E-state index in [1.165, 1.54) is 0 Å². The Morgan fingerprint density at radius 2 is 2.12 bits per heavy atom. The zero-order chi connectivity index (χ0) is 12.8. The lowest BCUT2D eigenvalue weighted by Gasteiger charge is -2.25. The molecule has 1 unspecified atom stereocenters. The molecule has 94 valence electrons. The quantitative estimate of drug-likeness (QED) is 0.823. The molecule has 17 heavy (non-hydrogen) atoms. The Hall–Kier alpha value is -1.55. The number of ether oxygens (including phenoxy) is 1.